The maximum atomic E-state index is 12.8. The van der Waals surface area contributed by atoms with E-state index in [2.05, 4.69) is 6.07 Å². The zero-order valence-electron chi connectivity index (χ0n) is 14.4. The lowest BCUT2D eigenvalue weighted by atomic mass is 9.84. The molecule has 3 rings (SSSR count). The number of nitriles is 1. The van der Waals surface area contributed by atoms with E-state index in [0.717, 1.165) is 37.7 Å². The van der Waals surface area contributed by atoms with Crippen molar-refractivity contribution in [1.29, 1.82) is 5.26 Å². The molecule has 1 heterocycles. The van der Waals surface area contributed by atoms with Gasteiger partial charge in [0.1, 0.15) is 5.41 Å². The smallest absolute Gasteiger partial charge is 0.335 e. The highest BCUT2D eigenvalue weighted by molar-refractivity contribution is 5.89. The van der Waals surface area contributed by atoms with Gasteiger partial charge >= 0.3 is 5.97 Å². The maximum absolute atomic E-state index is 12.8. The number of piperidine rings is 1. The molecule has 1 saturated carbocycles. The summed E-state index contributed by atoms with van der Waals surface area (Å²) in [4.78, 5) is 26.0. The number of carbonyl (C=O) groups excluding carboxylic acids is 1. The molecule has 1 aliphatic heterocycles. The predicted octanol–water partition coefficient (Wildman–Crippen LogP) is 3.25. The Hall–Kier alpha value is -2.35. The van der Waals surface area contributed by atoms with E-state index in [0.29, 0.717) is 37.4 Å². The molecule has 0 bridgehead atoms. The number of carbonyl (C=O) groups is 2. The van der Waals surface area contributed by atoms with E-state index in [1.54, 1.807) is 12.1 Å². The molecule has 2 fully saturated rings. The van der Waals surface area contributed by atoms with Gasteiger partial charge in [0.15, 0.2) is 0 Å². The van der Waals surface area contributed by atoms with Crippen LogP contribution >= 0.6 is 0 Å². The highest BCUT2D eigenvalue weighted by Crippen LogP contribution is 2.40. The van der Waals surface area contributed by atoms with E-state index < -0.39 is 11.4 Å². The van der Waals surface area contributed by atoms with Crippen molar-refractivity contribution in [2.75, 3.05) is 13.1 Å². The monoisotopic (exact) mass is 340 g/mol. The summed E-state index contributed by atoms with van der Waals surface area (Å²) in [5.74, 6) is -0.497. The van der Waals surface area contributed by atoms with Crippen LogP contribution in [0.5, 0.6) is 0 Å². The number of benzene rings is 1. The first-order valence-electron chi connectivity index (χ1n) is 9.07. The van der Waals surface area contributed by atoms with Gasteiger partial charge in [-0.05, 0) is 49.7 Å². The van der Waals surface area contributed by atoms with Gasteiger partial charge in [-0.3, -0.25) is 4.79 Å². The summed E-state index contributed by atoms with van der Waals surface area (Å²) in [5.41, 5.74) is 0.447. The van der Waals surface area contributed by atoms with E-state index in [4.69, 9.17) is 0 Å². The molecule has 1 saturated heterocycles. The summed E-state index contributed by atoms with van der Waals surface area (Å²) in [6, 6.07) is 9.43. The Morgan fingerprint density at radius 3 is 2.44 bits per heavy atom. The normalized spacial score (nSPS) is 20.2. The zero-order chi connectivity index (χ0) is 17.9. The van der Waals surface area contributed by atoms with Gasteiger partial charge in [0.05, 0.1) is 11.6 Å². The number of nitrogens with zero attached hydrogens (tertiary/aromatic N) is 2. The molecule has 0 aromatic heterocycles. The number of likely N-dealkylation sites (tertiary alicyclic amines) is 1. The van der Waals surface area contributed by atoms with Crippen molar-refractivity contribution in [3.8, 4) is 6.07 Å². The van der Waals surface area contributed by atoms with Gasteiger partial charge in [-0.2, -0.15) is 5.26 Å². The summed E-state index contributed by atoms with van der Waals surface area (Å²) in [6.07, 6.45) is 5.75. The van der Waals surface area contributed by atoms with Crippen LogP contribution in [0.4, 0.5) is 0 Å². The lowest BCUT2D eigenvalue weighted by Gasteiger charge is -2.36. The number of aromatic carboxylic acids is 1. The van der Waals surface area contributed by atoms with Crippen LogP contribution in [-0.4, -0.2) is 35.0 Å². The summed E-state index contributed by atoms with van der Waals surface area (Å²) in [6.45, 7) is 1.34. The summed E-state index contributed by atoms with van der Waals surface area (Å²) >= 11 is 0. The molecule has 1 aromatic rings. The Morgan fingerprint density at radius 2 is 1.84 bits per heavy atom. The van der Waals surface area contributed by atoms with Gasteiger partial charge in [-0.1, -0.05) is 31.0 Å². The van der Waals surface area contributed by atoms with Crippen LogP contribution in [0, 0.1) is 22.7 Å². The van der Waals surface area contributed by atoms with Crippen LogP contribution in [0.25, 0.3) is 0 Å². The molecule has 0 unspecified atom stereocenters. The first kappa shape index (κ1) is 17.5. The fourth-order valence-corrected chi connectivity index (χ4v) is 4.21. The van der Waals surface area contributed by atoms with Gasteiger partial charge in [0.25, 0.3) is 0 Å². The topological polar surface area (TPSA) is 81.4 Å². The molecule has 1 aliphatic carbocycles. The molecular weight excluding hydrogens is 316 g/mol. The molecule has 0 atom stereocenters. The second-order valence-electron chi connectivity index (χ2n) is 7.30. The van der Waals surface area contributed by atoms with Gasteiger partial charge in [0.2, 0.25) is 5.91 Å². The van der Waals surface area contributed by atoms with E-state index in [1.807, 2.05) is 17.0 Å². The fraction of sp³-hybridized carbons (Fsp3) is 0.550. The van der Waals surface area contributed by atoms with Gasteiger partial charge in [-0.25, -0.2) is 4.79 Å². The van der Waals surface area contributed by atoms with Gasteiger partial charge < -0.3 is 10.0 Å². The fourth-order valence-electron chi connectivity index (χ4n) is 4.21. The third-order valence-electron chi connectivity index (χ3n) is 5.74. The second-order valence-corrected chi connectivity index (χ2v) is 7.30. The third kappa shape index (κ3) is 3.53. The average Bonchev–Trinajstić information content (AvgIpc) is 3.12. The zero-order valence-corrected chi connectivity index (χ0v) is 14.4. The molecular formula is C20H24N2O3. The summed E-state index contributed by atoms with van der Waals surface area (Å²) < 4.78 is 0. The minimum Gasteiger partial charge on any atom is -0.478 e. The number of amides is 1. The summed E-state index contributed by atoms with van der Waals surface area (Å²) in [5, 5.41) is 18.8. The quantitative estimate of drug-likeness (QED) is 0.912. The lowest BCUT2D eigenvalue weighted by molar-refractivity contribution is -0.140. The van der Waals surface area contributed by atoms with E-state index in [9.17, 15) is 20.0 Å². The highest BCUT2D eigenvalue weighted by Gasteiger charge is 2.44. The maximum Gasteiger partial charge on any atom is 0.335 e. The van der Waals surface area contributed by atoms with Crippen LogP contribution in [0.1, 0.15) is 54.4 Å². The first-order valence-corrected chi connectivity index (χ1v) is 9.07. The van der Waals surface area contributed by atoms with Crippen molar-refractivity contribution < 1.29 is 14.7 Å². The Labute approximate surface area is 148 Å². The number of hydrogen-bond acceptors (Lipinski definition) is 3. The number of carboxylic acids is 1. The molecule has 132 valence electrons. The minimum absolute atomic E-state index is 0.0110. The SMILES string of the molecule is N#CC1(C(=O)N2CCC(Cc3ccccc3C(=O)O)CC2)CCCC1. The first-order chi connectivity index (χ1) is 12.1. The van der Waals surface area contributed by atoms with Crippen LogP contribution in [0.3, 0.4) is 0 Å². The van der Waals surface area contributed by atoms with Crippen LogP contribution in [0.2, 0.25) is 0 Å². The van der Waals surface area contributed by atoms with E-state index in [1.165, 1.54) is 0 Å². The number of rotatable bonds is 4. The lowest BCUT2D eigenvalue weighted by Crippen LogP contribution is -2.46. The van der Waals surface area contributed by atoms with E-state index in [-0.39, 0.29) is 5.91 Å². The van der Waals surface area contributed by atoms with Crippen molar-refractivity contribution in [2.24, 2.45) is 11.3 Å². The second kappa shape index (κ2) is 7.26. The molecule has 5 nitrogen and oxygen atoms in total. The van der Waals surface area contributed by atoms with Crippen molar-refractivity contribution in [2.45, 2.75) is 44.9 Å². The van der Waals surface area contributed by atoms with Crippen LogP contribution in [-0.2, 0) is 11.2 Å². The van der Waals surface area contributed by atoms with Crippen molar-refractivity contribution in [1.82, 2.24) is 4.90 Å². The van der Waals surface area contributed by atoms with Crippen molar-refractivity contribution in [3.05, 3.63) is 35.4 Å². The third-order valence-corrected chi connectivity index (χ3v) is 5.74. The molecule has 2 aliphatic rings. The number of hydrogen-bond donors (Lipinski definition) is 1. The Kier molecular flexibility index (Phi) is 5.08. The van der Waals surface area contributed by atoms with Gasteiger partial charge in [0, 0.05) is 13.1 Å². The molecule has 1 amide bonds. The van der Waals surface area contributed by atoms with Crippen molar-refractivity contribution in [3.63, 3.8) is 0 Å². The standard InChI is InChI=1S/C20H24N2O3/c21-14-20(9-3-4-10-20)19(25)22-11-7-15(8-12-22)13-16-5-1-2-6-17(16)18(23)24/h1-2,5-6,15H,3-4,7-13H2,(H,23,24). The Morgan fingerprint density at radius 1 is 1.20 bits per heavy atom. The van der Waals surface area contributed by atoms with Crippen molar-refractivity contribution >= 4 is 11.9 Å². The highest BCUT2D eigenvalue weighted by atomic mass is 16.4. The summed E-state index contributed by atoms with van der Waals surface area (Å²) in [7, 11) is 0. The molecule has 0 radical (unpaired) electrons. The van der Waals surface area contributed by atoms with Crippen LogP contribution in [0.15, 0.2) is 24.3 Å². The molecule has 0 spiro atoms. The Bertz CT molecular complexity index is 693. The van der Waals surface area contributed by atoms with Crippen LogP contribution < -0.4 is 0 Å². The molecule has 1 N–H and O–H groups in total. The predicted molar refractivity (Wildman–Crippen MR) is 92.9 cm³/mol. The minimum atomic E-state index is -0.889. The van der Waals surface area contributed by atoms with E-state index >= 15 is 0 Å². The molecule has 5 heteroatoms. The largest absolute Gasteiger partial charge is 0.478 e. The Balaban J connectivity index is 1.60. The molecule has 25 heavy (non-hydrogen) atoms. The average molecular weight is 340 g/mol. The number of carboxylic acid groups (broad SMARTS) is 1. The molecule has 1 aromatic carbocycles. The van der Waals surface area contributed by atoms with Gasteiger partial charge in [-0.15, -0.1) is 0 Å².